The molecule has 2 rings (SSSR count). The van der Waals surface area contributed by atoms with E-state index in [4.69, 9.17) is 16.3 Å². The number of halogens is 1. The SMILES string of the molecule is CCCNCc1cc(Cl)ccc1OC1CCCCCC1. The minimum atomic E-state index is 0.378. The van der Waals surface area contributed by atoms with E-state index in [1.165, 1.54) is 44.1 Å². The van der Waals surface area contributed by atoms with Crippen LogP contribution in [0.15, 0.2) is 18.2 Å². The Morgan fingerprint density at radius 2 is 1.95 bits per heavy atom. The summed E-state index contributed by atoms with van der Waals surface area (Å²) < 4.78 is 6.25. The summed E-state index contributed by atoms with van der Waals surface area (Å²) in [7, 11) is 0. The molecule has 0 amide bonds. The monoisotopic (exact) mass is 295 g/mol. The molecule has 3 heteroatoms. The van der Waals surface area contributed by atoms with Crippen LogP contribution in [-0.4, -0.2) is 12.6 Å². The maximum absolute atomic E-state index is 6.25. The van der Waals surface area contributed by atoms with Crippen molar-refractivity contribution in [3.8, 4) is 5.75 Å². The zero-order chi connectivity index (χ0) is 14.2. The summed E-state index contributed by atoms with van der Waals surface area (Å²) in [6.07, 6.45) is 9.18. The fourth-order valence-corrected chi connectivity index (χ4v) is 2.93. The standard InChI is InChI=1S/C17H26ClNO/c1-2-11-19-13-14-12-15(18)9-10-17(14)20-16-7-5-3-4-6-8-16/h9-10,12,16,19H,2-8,11,13H2,1H3. The van der Waals surface area contributed by atoms with E-state index in [2.05, 4.69) is 12.2 Å². The van der Waals surface area contributed by atoms with Crippen LogP contribution < -0.4 is 10.1 Å². The van der Waals surface area contributed by atoms with E-state index in [0.29, 0.717) is 6.10 Å². The summed E-state index contributed by atoms with van der Waals surface area (Å²) in [5.41, 5.74) is 1.18. The van der Waals surface area contributed by atoms with Gasteiger partial charge in [0, 0.05) is 17.1 Å². The van der Waals surface area contributed by atoms with Crippen LogP contribution in [0.25, 0.3) is 0 Å². The molecule has 0 atom stereocenters. The molecule has 1 aliphatic carbocycles. The van der Waals surface area contributed by atoms with Crippen LogP contribution in [0.4, 0.5) is 0 Å². The zero-order valence-electron chi connectivity index (χ0n) is 12.5. The quantitative estimate of drug-likeness (QED) is 0.593. The van der Waals surface area contributed by atoms with Crippen LogP contribution in [0, 0.1) is 0 Å². The molecule has 0 unspecified atom stereocenters. The van der Waals surface area contributed by atoms with Crippen molar-refractivity contribution >= 4 is 11.6 Å². The smallest absolute Gasteiger partial charge is 0.124 e. The van der Waals surface area contributed by atoms with E-state index >= 15 is 0 Å². The van der Waals surface area contributed by atoms with Gasteiger partial charge in [0.05, 0.1) is 6.10 Å². The molecular weight excluding hydrogens is 270 g/mol. The van der Waals surface area contributed by atoms with Gasteiger partial charge >= 0.3 is 0 Å². The molecule has 0 spiro atoms. The molecule has 1 saturated carbocycles. The Morgan fingerprint density at radius 1 is 1.20 bits per heavy atom. The summed E-state index contributed by atoms with van der Waals surface area (Å²) in [5, 5.41) is 4.21. The highest BCUT2D eigenvalue weighted by Crippen LogP contribution is 2.27. The van der Waals surface area contributed by atoms with Crippen molar-refractivity contribution < 1.29 is 4.74 Å². The summed E-state index contributed by atoms with van der Waals surface area (Å²) >= 11 is 6.12. The highest BCUT2D eigenvalue weighted by Gasteiger charge is 2.15. The Bertz CT molecular complexity index is 400. The van der Waals surface area contributed by atoms with Gasteiger partial charge in [0.15, 0.2) is 0 Å². The second-order valence-electron chi connectivity index (χ2n) is 5.66. The van der Waals surface area contributed by atoms with Crippen molar-refractivity contribution in [3.05, 3.63) is 28.8 Å². The molecule has 1 aromatic rings. The number of nitrogens with one attached hydrogen (secondary N) is 1. The summed E-state index contributed by atoms with van der Waals surface area (Å²) in [4.78, 5) is 0. The molecule has 1 aliphatic rings. The first-order valence-corrected chi connectivity index (χ1v) is 8.33. The molecule has 2 nitrogen and oxygen atoms in total. The number of rotatable bonds is 6. The molecule has 1 fully saturated rings. The van der Waals surface area contributed by atoms with Crippen molar-refractivity contribution in [2.75, 3.05) is 6.54 Å². The minimum Gasteiger partial charge on any atom is -0.490 e. The number of hydrogen-bond acceptors (Lipinski definition) is 2. The molecule has 0 saturated heterocycles. The first kappa shape index (κ1) is 15.7. The van der Waals surface area contributed by atoms with Crippen molar-refractivity contribution in [1.82, 2.24) is 5.32 Å². The first-order chi connectivity index (χ1) is 9.79. The van der Waals surface area contributed by atoms with Crippen LogP contribution in [0.5, 0.6) is 5.75 Å². The normalized spacial score (nSPS) is 16.9. The Kier molecular flexibility index (Phi) is 6.68. The van der Waals surface area contributed by atoms with Crippen molar-refractivity contribution in [2.45, 2.75) is 64.5 Å². The average molecular weight is 296 g/mol. The molecule has 0 radical (unpaired) electrons. The largest absolute Gasteiger partial charge is 0.490 e. The molecule has 112 valence electrons. The molecule has 1 N–H and O–H groups in total. The number of ether oxygens (including phenoxy) is 1. The van der Waals surface area contributed by atoms with Crippen LogP contribution in [0.1, 0.15) is 57.4 Å². The van der Waals surface area contributed by atoms with E-state index < -0.39 is 0 Å². The van der Waals surface area contributed by atoms with Crippen LogP contribution >= 0.6 is 11.6 Å². The Morgan fingerprint density at radius 3 is 2.65 bits per heavy atom. The summed E-state index contributed by atoms with van der Waals surface area (Å²) in [6.45, 7) is 4.03. The van der Waals surface area contributed by atoms with E-state index in [9.17, 15) is 0 Å². The second kappa shape index (κ2) is 8.53. The lowest BCUT2D eigenvalue weighted by molar-refractivity contribution is 0.181. The third-order valence-corrected chi connectivity index (χ3v) is 4.10. The van der Waals surface area contributed by atoms with Crippen LogP contribution in [0.2, 0.25) is 5.02 Å². The number of hydrogen-bond donors (Lipinski definition) is 1. The lowest BCUT2D eigenvalue weighted by Crippen LogP contribution is -2.18. The average Bonchev–Trinajstić information content (AvgIpc) is 2.70. The highest BCUT2D eigenvalue weighted by atomic mass is 35.5. The van der Waals surface area contributed by atoms with Gasteiger partial charge in [-0.15, -0.1) is 0 Å². The molecule has 20 heavy (non-hydrogen) atoms. The van der Waals surface area contributed by atoms with Gasteiger partial charge in [-0.1, -0.05) is 31.4 Å². The minimum absolute atomic E-state index is 0.378. The van der Waals surface area contributed by atoms with Crippen LogP contribution in [0.3, 0.4) is 0 Å². The Labute approximate surface area is 127 Å². The summed E-state index contributed by atoms with van der Waals surface area (Å²) in [6, 6.07) is 5.98. The van der Waals surface area contributed by atoms with Gasteiger partial charge in [-0.25, -0.2) is 0 Å². The molecule has 0 aliphatic heterocycles. The van der Waals surface area contributed by atoms with Crippen molar-refractivity contribution in [1.29, 1.82) is 0 Å². The van der Waals surface area contributed by atoms with E-state index in [1.807, 2.05) is 18.2 Å². The van der Waals surface area contributed by atoms with Crippen molar-refractivity contribution in [2.24, 2.45) is 0 Å². The Hall–Kier alpha value is -0.730. The van der Waals surface area contributed by atoms with E-state index in [-0.39, 0.29) is 0 Å². The predicted molar refractivity (Wildman–Crippen MR) is 85.6 cm³/mol. The number of benzene rings is 1. The predicted octanol–water partition coefficient (Wildman–Crippen LogP) is 4.94. The molecule has 1 aromatic carbocycles. The van der Waals surface area contributed by atoms with Gasteiger partial charge < -0.3 is 10.1 Å². The van der Waals surface area contributed by atoms with Gasteiger partial charge in [-0.3, -0.25) is 0 Å². The first-order valence-electron chi connectivity index (χ1n) is 7.95. The zero-order valence-corrected chi connectivity index (χ0v) is 13.2. The van der Waals surface area contributed by atoms with Crippen molar-refractivity contribution in [3.63, 3.8) is 0 Å². The van der Waals surface area contributed by atoms with E-state index in [0.717, 1.165) is 30.3 Å². The highest BCUT2D eigenvalue weighted by molar-refractivity contribution is 6.30. The lowest BCUT2D eigenvalue weighted by atomic mass is 10.1. The third kappa shape index (κ3) is 4.99. The maximum Gasteiger partial charge on any atom is 0.124 e. The molecule has 0 bridgehead atoms. The molecular formula is C17H26ClNO. The molecule has 0 heterocycles. The van der Waals surface area contributed by atoms with Gasteiger partial charge in [0.25, 0.3) is 0 Å². The Balaban J connectivity index is 2.01. The van der Waals surface area contributed by atoms with Crippen LogP contribution in [-0.2, 0) is 6.54 Å². The summed E-state index contributed by atoms with van der Waals surface area (Å²) in [5.74, 6) is 1.00. The fraction of sp³-hybridized carbons (Fsp3) is 0.647. The fourth-order valence-electron chi connectivity index (χ4n) is 2.74. The second-order valence-corrected chi connectivity index (χ2v) is 6.10. The van der Waals surface area contributed by atoms with Gasteiger partial charge in [-0.2, -0.15) is 0 Å². The lowest BCUT2D eigenvalue weighted by Gasteiger charge is -2.20. The maximum atomic E-state index is 6.25. The van der Waals surface area contributed by atoms with Gasteiger partial charge in [-0.05, 0) is 56.8 Å². The third-order valence-electron chi connectivity index (χ3n) is 3.86. The van der Waals surface area contributed by atoms with E-state index in [1.54, 1.807) is 0 Å². The molecule has 0 aromatic heterocycles. The van der Waals surface area contributed by atoms with Gasteiger partial charge in [0.2, 0.25) is 0 Å². The topological polar surface area (TPSA) is 21.3 Å². The van der Waals surface area contributed by atoms with Gasteiger partial charge in [0.1, 0.15) is 5.75 Å².